The van der Waals surface area contributed by atoms with Crippen LogP contribution in [0.4, 0.5) is 0 Å². The van der Waals surface area contributed by atoms with Crippen molar-refractivity contribution in [3.63, 3.8) is 0 Å². The largest absolute Gasteiger partial charge is 0.491 e. The summed E-state index contributed by atoms with van der Waals surface area (Å²) in [5.41, 5.74) is 1.72. The van der Waals surface area contributed by atoms with E-state index in [1.165, 1.54) is 0 Å². The number of hydrogen-bond donors (Lipinski definition) is 1. The molecule has 2 aromatic rings. The Morgan fingerprint density at radius 1 is 1.16 bits per heavy atom. The van der Waals surface area contributed by atoms with Gasteiger partial charge in [0, 0.05) is 37.8 Å². The Bertz CT molecular complexity index is 964. The molecule has 0 saturated carbocycles. The van der Waals surface area contributed by atoms with Gasteiger partial charge in [-0.1, -0.05) is 23.7 Å². The molecule has 1 N–H and O–H groups in total. The third-order valence-electron chi connectivity index (χ3n) is 5.19. The first-order valence-electron chi connectivity index (χ1n) is 10.2. The summed E-state index contributed by atoms with van der Waals surface area (Å²) in [7, 11) is -2.10. The normalized spacial score (nSPS) is 16.2. The molecule has 0 spiro atoms. The van der Waals surface area contributed by atoms with E-state index in [0.717, 1.165) is 24.2 Å². The second kappa shape index (κ2) is 11.3. The topological polar surface area (TPSA) is 77.1 Å². The highest BCUT2D eigenvalue weighted by molar-refractivity contribution is 7.89. The maximum absolute atomic E-state index is 13.0. The first-order valence-corrected chi connectivity index (χ1v) is 12.1. The minimum Gasteiger partial charge on any atom is -0.491 e. The van der Waals surface area contributed by atoms with E-state index < -0.39 is 10.0 Å². The van der Waals surface area contributed by atoms with Gasteiger partial charge < -0.3 is 14.2 Å². The lowest BCUT2D eigenvalue weighted by Gasteiger charge is -2.35. The zero-order valence-corrected chi connectivity index (χ0v) is 19.4. The second-order valence-electron chi connectivity index (χ2n) is 7.34. The maximum Gasteiger partial charge on any atom is 0.240 e. The first kappa shape index (κ1) is 24.0. The van der Waals surface area contributed by atoms with Gasteiger partial charge in [-0.3, -0.25) is 4.90 Å². The molecule has 9 heteroatoms. The van der Waals surface area contributed by atoms with Crippen LogP contribution < -0.4 is 9.46 Å². The molecule has 31 heavy (non-hydrogen) atoms. The summed E-state index contributed by atoms with van der Waals surface area (Å²) in [5, 5.41) is 0.623. The summed E-state index contributed by atoms with van der Waals surface area (Å²) in [6, 6.07) is 12.2. The lowest BCUT2D eigenvalue weighted by molar-refractivity contribution is 0.0172. The van der Waals surface area contributed by atoms with E-state index in [1.807, 2.05) is 31.2 Å². The van der Waals surface area contributed by atoms with Crippen molar-refractivity contribution in [2.45, 2.75) is 17.9 Å². The third-order valence-corrected chi connectivity index (χ3v) is 6.84. The molecule has 0 bridgehead atoms. The van der Waals surface area contributed by atoms with E-state index in [4.69, 9.17) is 25.8 Å². The summed E-state index contributed by atoms with van der Waals surface area (Å²) in [4.78, 5) is 2.42. The number of rotatable bonds is 10. The fourth-order valence-electron chi connectivity index (χ4n) is 3.52. The Morgan fingerprint density at radius 2 is 1.94 bits per heavy atom. The molecule has 1 saturated heterocycles. The molecule has 1 aliphatic rings. The molecule has 170 valence electrons. The number of aryl methyl sites for hydroxylation is 1. The predicted octanol–water partition coefficient (Wildman–Crippen LogP) is 3.03. The molecule has 1 aliphatic heterocycles. The van der Waals surface area contributed by atoms with E-state index in [-0.39, 0.29) is 17.5 Å². The van der Waals surface area contributed by atoms with Gasteiger partial charge in [0.25, 0.3) is 0 Å². The number of ether oxygens (including phenoxy) is 3. The van der Waals surface area contributed by atoms with Crippen LogP contribution in [0, 0.1) is 6.92 Å². The van der Waals surface area contributed by atoms with Crippen molar-refractivity contribution in [3.8, 4) is 5.75 Å². The van der Waals surface area contributed by atoms with Crippen molar-refractivity contribution in [3.05, 3.63) is 58.6 Å². The van der Waals surface area contributed by atoms with Crippen molar-refractivity contribution in [1.29, 1.82) is 0 Å². The minimum absolute atomic E-state index is 0.143. The van der Waals surface area contributed by atoms with Crippen molar-refractivity contribution >= 4 is 21.6 Å². The van der Waals surface area contributed by atoms with Crippen LogP contribution in [0.3, 0.4) is 0 Å². The summed E-state index contributed by atoms with van der Waals surface area (Å²) in [5.74, 6) is 0.640. The number of benzene rings is 2. The third kappa shape index (κ3) is 6.65. The van der Waals surface area contributed by atoms with Gasteiger partial charge in [-0.15, -0.1) is 0 Å². The summed E-state index contributed by atoms with van der Waals surface area (Å²) < 4.78 is 44.8. The molecule has 0 aromatic heterocycles. The fraction of sp³-hybridized carbons (Fsp3) is 0.455. The Morgan fingerprint density at radius 3 is 2.61 bits per heavy atom. The highest BCUT2D eigenvalue weighted by atomic mass is 35.5. The Balaban J connectivity index is 1.74. The average Bonchev–Trinajstić information content (AvgIpc) is 2.76. The van der Waals surface area contributed by atoms with Crippen LogP contribution in [0.15, 0.2) is 47.4 Å². The van der Waals surface area contributed by atoms with Crippen LogP contribution in [-0.2, 0) is 19.5 Å². The number of morpholine rings is 1. The number of nitrogens with one attached hydrogen (secondary N) is 1. The van der Waals surface area contributed by atoms with E-state index in [9.17, 15) is 8.42 Å². The van der Waals surface area contributed by atoms with Gasteiger partial charge in [0.15, 0.2) is 0 Å². The standard InChI is InChI=1S/C22H29ClN2O5S/c1-17-14-20(6-7-22(17)30-13-12-28-2)31(26,27)24-16-21(25-8-10-29-11-9-25)18-4-3-5-19(23)15-18/h3-7,14-15,21,24H,8-13,16H2,1-2H3. The lowest BCUT2D eigenvalue weighted by Crippen LogP contribution is -2.43. The SMILES string of the molecule is COCCOc1ccc(S(=O)(=O)NCC(c2cccc(Cl)c2)N2CCOCC2)cc1C. The van der Waals surface area contributed by atoms with Crippen LogP contribution in [0.5, 0.6) is 5.75 Å². The molecule has 0 aliphatic carbocycles. The second-order valence-corrected chi connectivity index (χ2v) is 9.54. The molecule has 0 amide bonds. The van der Waals surface area contributed by atoms with E-state index in [0.29, 0.717) is 37.2 Å². The number of halogens is 1. The Labute approximate surface area is 189 Å². The van der Waals surface area contributed by atoms with Gasteiger partial charge in [-0.2, -0.15) is 0 Å². The van der Waals surface area contributed by atoms with Crippen molar-refractivity contribution in [2.24, 2.45) is 0 Å². The number of sulfonamides is 1. The Kier molecular flexibility index (Phi) is 8.71. The lowest BCUT2D eigenvalue weighted by atomic mass is 10.1. The predicted molar refractivity (Wildman–Crippen MR) is 120 cm³/mol. The minimum atomic E-state index is -3.70. The monoisotopic (exact) mass is 468 g/mol. The van der Waals surface area contributed by atoms with Crippen molar-refractivity contribution in [2.75, 3.05) is 53.2 Å². The first-order chi connectivity index (χ1) is 14.9. The molecule has 3 rings (SSSR count). The van der Waals surface area contributed by atoms with Gasteiger partial charge >= 0.3 is 0 Å². The highest BCUT2D eigenvalue weighted by Crippen LogP contribution is 2.26. The molecule has 1 heterocycles. The van der Waals surface area contributed by atoms with Crippen LogP contribution >= 0.6 is 11.6 Å². The molecule has 2 aromatic carbocycles. The number of hydrogen-bond acceptors (Lipinski definition) is 6. The Hall–Kier alpha value is -1.68. The molecule has 1 unspecified atom stereocenters. The van der Waals surface area contributed by atoms with Gasteiger partial charge in [0.1, 0.15) is 12.4 Å². The molecular formula is C22H29ClN2O5S. The van der Waals surface area contributed by atoms with Crippen molar-refractivity contribution < 1.29 is 22.6 Å². The number of nitrogens with zero attached hydrogens (tertiary/aromatic N) is 1. The zero-order chi connectivity index (χ0) is 22.3. The van der Waals surface area contributed by atoms with Crippen LogP contribution in [0.1, 0.15) is 17.2 Å². The van der Waals surface area contributed by atoms with Gasteiger partial charge in [-0.05, 0) is 48.4 Å². The average molecular weight is 469 g/mol. The molecule has 0 radical (unpaired) electrons. The van der Waals surface area contributed by atoms with Crippen molar-refractivity contribution in [1.82, 2.24) is 9.62 Å². The van der Waals surface area contributed by atoms with E-state index in [1.54, 1.807) is 25.3 Å². The quantitative estimate of drug-likeness (QED) is 0.540. The highest BCUT2D eigenvalue weighted by Gasteiger charge is 2.25. The van der Waals surface area contributed by atoms with Gasteiger partial charge in [-0.25, -0.2) is 13.1 Å². The summed E-state index contributed by atoms with van der Waals surface area (Å²) >= 11 is 6.19. The van der Waals surface area contributed by atoms with E-state index in [2.05, 4.69) is 9.62 Å². The molecule has 1 fully saturated rings. The van der Waals surface area contributed by atoms with Crippen LogP contribution in [0.2, 0.25) is 5.02 Å². The zero-order valence-electron chi connectivity index (χ0n) is 17.8. The van der Waals surface area contributed by atoms with Crippen LogP contribution in [0.25, 0.3) is 0 Å². The molecular weight excluding hydrogens is 440 g/mol. The van der Waals surface area contributed by atoms with Gasteiger partial charge in [0.2, 0.25) is 10.0 Å². The van der Waals surface area contributed by atoms with Crippen LogP contribution in [-0.4, -0.2) is 66.5 Å². The van der Waals surface area contributed by atoms with E-state index >= 15 is 0 Å². The fourth-order valence-corrected chi connectivity index (χ4v) is 4.84. The molecule has 1 atom stereocenters. The number of methoxy groups -OCH3 is 1. The summed E-state index contributed by atoms with van der Waals surface area (Å²) in [6.07, 6.45) is 0. The maximum atomic E-state index is 13.0. The smallest absolute Gasteiger partial charge is 0.240 e. The summed E-state index contributed by atoms with van der Waals surface area (Å²) in [6.45, 7) is 5.62. The van der Waals surface area contributed by atoms with Gasteiger partial charge in [0.05, 0.1) is 24.7 Å². The molecule has 7 nitrogen and oxygen atoms in total.